The van der Waals surface area contributed by atoms with Crippen molar-refractivity contribution in [2.75, 3.05) is 13.7 Å². The van der Waals surface area contributed by atoms with Crippen molar-refractivity contribution < 1.29 is 73.0 Å². The van der Waals surface area contributed by atoms with Gasteiger partial charge in [0.2, 0.25) is 5.91 Å². The predicted octanol–water partition coefficient (Wildman–Crippen LogP) is 3.42. The summed E-state index contributed by atoms with van der Waals surface area (Å²) in [5, 5.41) is 64.1. The monoisotopic (exact) mass is 1200 g/mol. The van der Waals surface area contributed by atoms with Gasteiger partial charge >= 0.3 is 11.9 Å². The summed E-state index contributed by atoms with van der Waals surface area (Å²) in [6, 6.07) is 1.34. The van der Waals surface area contributed by atoms with E-state index in [9.17, 15) is 54.1 Å². The summed E-state index contributed by atoms with van der Waals surface area (Å²) in [5.41, 5.74) is 4.64. The Labute approximate surface area is 474 Å². The first-order chi connectivity index (χ1) is 38.9. The standard InChI is InChI=1S/C49H40N12O15S5/c1-16(62)30-42(69)59-31(17(2)73-3)45-55-26(15-80-45)41(68)60-34-37-36(64)49(71)75-8-18-5-4-6-27-29(18)20(9-74-37)35(61(27)72)48(70)76-10-21(51-39(66)24-14-81-47(34)56-24)44-52-22(11-78-44)32-19(43-54-25(13-77-43)40(67)58-30)7-28(63)33(57-32)46-53-23(12-79-46)38(50)65/h4-7,11-16,21,30,34,36-37,62-64,72H,8-10H2,1-3H3,(H2,50,65)(H,51,66)(H,58,67)(H,59,69)(H,60,68). The molecule has 3 aliphatic heterocycles. The number of nitrogens with one attached hydrogen (secondary N) is 4. The fourth-order valence-corrected chi connectivity index (χ4v) is 13.0. The number of aliphatic hydroxyl groups excluding tert-OH is 2. The summed E-state index contributed by atoms with van der Waals surface area (Å²) in [6.07, 6.45) is -5.50. The molecule has 32 heteroatoms. The summed E-state index contributed by atoms with van der Waals surface area (Å²) >= 11 is 4.58. The maximum absolute atomic E-state index is 14.5. The summed E-state index contributed by atoms with van der Waals surface area (Å²) < 4.78 is 23.9. The minimum Gasteiger partial charge on any atom is -0.506 e. The van der Waals surface area contributed by atoms with Gasteiger partial charge in [0.05, 0.1) is 25.3 Å². The van der Waals surface area contributed by atoms with E-state index in [0.717, 1.165) is 56.7 Å². The fourth-order valence-electron chi connectivity index (χ4n) is 8.82. The number of allylic oxidation sites excluding steroid dienone is 1. The molecule has 27 nitrogen and oxygen atoms in total. The van der Waals surface area contributed by atoms with E-state index in [-0.39, 0.29) is 98.4 Å². The first kappa shape index (κ1) is 54.3. The van der Waals surface area contributed by atoms with E-state index < -0.39 is 109 Å². The van der Waals surface area contributed by atoms with E-state index >= 15 is 0 Å². The molecule has 6 unspecified atom stereocenters. The van der Waals surface area contributed by atoms with Crippen LogP contribution in [-0.4, -0.2) is 135 Å². The third-order valence-corrected chi connectivity index (χ3v) is 17.4. The molecule has 0 aliphatic carbocycles. The topological polar surface area (TPSA) is 394 Å². The SMILES string of the molecule is COC(C)=C1NC(=O)C(C(C)O)NC(=O)c2csc(n2)-c2cc(O)c(-c3nc(C(N)=O)cs3)nc2-c2csc(n2)C2COC(=O)c3c4c5c(cccc5n3O)COC(=O)C(O)C(OC4)C(NC(=O)c3csc1n3)c1nc(cs1)C(=O)N2. The van der Waals surface area contributed by atoms with Gasteiger partial charge in [-0.1, -0.05) is 12.1 Å². The van der Waals surface area contributed by atoms with Crippen LogP contribution in [0, 0.1) is 0 Å². The number of aliphatic hydroxyl groups is 2. The van der Waals surface area contributed by atoms with Crippen LogP contribution in [0.15, 0.2) is 56.9 Å². The maximum atomic E-state index is 14.5. The number of nitrogens with two attached hydrogens (primary N) is 1. The first-order valence-corrected chi connectivity index (χ1v) is 28.2. The number of primary amides is 1. The molecule has 8 aromatic rings. The summed E-state index contributed by atoms with van der Waals surface area (Å²) in [7, 11) is 1.30. The van der Waals surface area contributed by atoms with Crippen molar-refractivity contribution in [1.82, 2.24) is 55.9 Å². The quantitative estimate of drug-likeness (QED) is 0.0692. The molecule has 0 fully saturated rings. The minimum atomic E-state index is -2.18. The van der Waals surface area contributed by atoms with E-state index in [0.29, 0.717) is 10.3 Å². The van der Waals surface area contributed by atoms with Crippen LogP contribution in [0.2, 0.25) is 0 Å². The van der Waals surface area contributed by atoms with Crippen LogP contribution >= 0.6 is 56.7 Å². The Morgan fingerprint density at radius 2 is 1.47 bits per heavy atom. The number of fused-ring (bicyclic) bond motifs is 15. The number of esters is 2. The van der Waals surface area contributed by atoms with Gasteiger partial charge in [-0.25, -0.2) is 39.5 Å². The zero-order valence-corrected chi connectivity index (χ0v) is 45.9. The lowest BCUT2D eigenvalue weighted by Crippen LogP contribution is -2.52. The number of ether oxygens (including phenoxy) is 4. The summed E-state index contributed by atoms with van der Waals surface area (Å²) in [5.74, 6) is -7.18. The van der Waals surface area contributed by atoms with Crippen molar-refractivity contribution in [3.63, 3.8) is 0 Å². The molecule has 0 radical (unpaired) electrons. The van der Waals surface area contributed by atoms with Gasteiger partial charge in [0.25, 0.3) is 23.6 Å². The molecule has 1 aromatic carbocycles. The van der Waals surface area contributed by atoms with Gasteiger partial charge in [0.1, 0.15) is 120 Å². The number of carbonyl (C=O) groups is 7. The van der Waals surface area contributed by atoms with Crippen LogP contribution in [0.4, 0.5) is 0 Å². The van der Waals surface area contributed by atoms with E-state index in [1.165, 1.54) is 66.1 Å². The average Bonchev–Trinajstić information content (AvgIpc) is 4.53. The minimum absolute atomic E-state index is 0.00167. The van der Waals surface area contributed by atoms with Gasteiger partial charge in [-0.3, -0.25) is 24.0 Å². The van der Waals surface area contributed by atoms with Crippen molar-refractivity contribution in [1.29, 1.82) is 0 Å². The van der Waals surface area contributed by atoms with Crippen molar-refractivity contribution in [2.45, 2.75) is 63.5 Å². The van der Waals surface area contributed by atoms with Gasteiger partial charge in [0, 0.05) is 43.4 Å². The second-order valence-electron chi connectivity index (χ2n) is 18.0. The molecule has 416 valence electrons. The van der Waals surface area contributed by atoms with Gasteiger partial charge in [0.15, 0.2) is 11.8 Å². The number of nitrogens with zero attached hydrogens (tertiary/aromatic N) is 7. The molecule has 0 saturated heterocycles. The predicted molar refractivity (Wildman–Crippen MR) is 287 cm³/mol. The van der Waals surface area contributed by atoms with Crippen LogP contribution in [0.3, 0.4) is 0 Å². The number of aromatic hydroxyl groups is 1. The van der Waals surface area contributed by atoms with Crippen LogP contribution < -0.4 is 27.0 Å². The van der Waals surface area contributed by atoms with Crippen LogP contribution in [-0.2, 0) is 41.8 Å². The van der Waals surface area contributed by atoms with Gasteiger partial charge in [-0.15, -0.1) is 56.7 Å². The maximum Gasteiger partial charge on any atom is 0.358 e. The number of benzene rings is 1. The number of hydrogen-bond donors (Lipinski definition) is 9. The molecule has 7 aromatic heterocycles. The van der Waals surface area contributed by atoms with Gasteiger partial charge in [-0.05, 0) is 31.5 Å². The smallest absolute Gasteiger partial charge is 0.358 e. The summed E-state index contributed by atoms with van der Waals surface area (Å²) in [6.45, 7) is 1.03. The normalized spacial score (nSPS) is 20.9. The highest BCUT2D eigenvalue weighted by Gasteiger charge is 2.42. The molecular weight excluding hydrogens is 1160 g/mol. The Balaban J connectivity index is 1.11. The molecule has 0 saturated carbocycles. The molecule has 12 bridgehead atoms. The van der Waals surface area contributed by atoms with Gasteiger partial charge < -0.3 is 66.5 Å². The van der Waals surface area contributed by atoms with E-state index in [1.807, 2.05) is 0 Å². The molecule has 5 amide bonds. The molecule has 6 atom stereocenters. The number of amides is 5. The average molecular weight is 1200 g/mol. The second kappa shape index (κ2) is 21.8. The Hall–Kier alpha value is -8.63. The Morgan fingerprint density at radius 1 is 0.802 bits per heavy atom. The highest BCUT2D eigenvalue weighted by atomic mass is 32.1. The lowest BCUT2D eigenvalue weighted by Gasteiger charge is -2.30. The molecular formula is C49H40N12O15S5. The fraction of sp³-hybridized carbons (Fsp3) is 0.245. The number of rotatable bonds is 4. The number of methoxy groups -OCH3 is 1. The van der Waals surface area contributed by atoms with Crippen LogP contribution in [0.5, 0.6) is 5.75 Å². The van der Waals surface area contributed by atoms with Crippen LogP contribution in [0.1, 0.15) is 105 Å². The van der Waals surface area contributed by atoms with E-state index in [4.69, 9.17) is 34.6 Å². The Morgan fingerprint density at radius 3 is 2.21 bits per heavy atom. The number of hydrogen-bond acceptors (Lipinski definition) is 26. The van der Waals surface area contributed by atoms with Crippen molar-refractivity contribution in [2.24, 2.45) is 5.73 Å². The third-order valence-electron chi connectivity index (χ3n) is 12.9. The largest absolute Gasteiger partial charge is 0.506 e. The summed E-state index contributed by atoms with van der Waals surface area (Å²) in [4.78, 5) is 125. The third kappa shape index (κ3) is 10.2. The van der Waals surface area contributed by atoms with E-state index in [1.54, 1.807) is 6.07 Å². The Kier molecular flexibility index (Phi) is 14.6. The van der Waals surface area contributed by atoms with Crippen molar-refractivity contribution in [3.05, 3.63) is 112 Å². The van der Waals surface area contributed by atoms with Gasteiger partial charge in [-0.2, -0.15) is 4.73 Å². The molecule has 10 heterocycles. The van der Waals surface area contributed by atoms with Crippen LogP contribution in [0.25, 0.3) is 49.3 Å². The number of cyclic esters (lactones) is 2. The molecule has 11 rings (SSSR count). The lowest BCUT2D eigenvalue weighted by atomic mass is 10.0. The lowest BCUT2D eigenvalue weighted by molar-refractivity contribution is -0.166. The number of aromatic nitrogens is 7. The first-order valence-electron chi connectivity index (χ1n) is 23.8. The molecule has 10 N–H and O–H groups in total. The highest BCUT2D eigenvalue weighted by Crippen LogP contribution is 2.42. The number of carbonyl (C=O) groups excluding carboxylic acids is 7. The molecule has 81 heavy (non-hydrogen) atoms. The van der Waals surface area contributed by atoms with Crippen molar-refractivity contribution >= 4 is 115 Å². The number of thiazole rings is 5. The van der Waals surface area contributed by atoms with Crippen molar-refractivity contribution in [3.8, 4) is 38.4 Å². The molecule has 3 aliphatic rings. The van der Waals surface area contributed by atoms with E-state index in [2.05, 4.69) is 41.2 Å². The zero-order chi connectivity index (χ0) is 57.1. The Bertz CT molecular complexity index is 3950. The zero-order valence-electron chi connectivity index (χ0n) is 41.8. The second-order valence-corrected chi connectivity index (χ2v) is 22.4. The highest BCUT2D eigenvalue weighted by molar-refractivity contribution is 7.14. The number of pyridine rings is 1. The molecule has 0 spiro atoms.